The first kappa shape index (κ1) is 17.5. The quantitative estimate of drug-likeness (QED) is 0.799. The van der Waals surface area contributed by atoms with Gasteiger partial charge in [0.2, 0.25) is 0 Å². The van der Waals surface area contributed by atoms with Crippen LogP contribution in [-0.2, 0) is 4.79 Å². The molecule has 4 nitrogen and oxygen atoms in total. The van der Waals surface area contributed by atoms with Crippen molar-refractivity contribution in [1.29, 1.82) is 0 Å². The molecule has 5 heteroatoms. The number of carbonyl (C=O) groups is 1. The maximum absolute atomic E-state index is 11.4. The van der Waals surface area contributed by atoms with E-state index >= 15 is 0 Å². The van der Waals surface area contributed by atoms with Crippen molar-refractivity contribution in [3.8, 4) is 11.5 Å². The van der Waals surface area contributed by atoms with E-state index in [9.17, 15) is 9.90 Å². The van der Waals surface area contributed by atoms with Crippen LogP contribution >= 0.6 is 9.39 Å². The summed E-state index contributed by atoms with van der Waals surface area (Å²) < 4.78 is 8.07. The van der Waals surface area contributed by atoms with Crippen LogP contribution in [0, 0.1) is 17.8 Å². The lowest BCUT2D eigenvalue weighted by molar-refractivity contribution is -0.137. The third-order valence-corrected chi connectivity index (χ3v) is 6.22. The molecule has 26 heavy (non-hydrogen) atoms. The standard InChI is InChI=1S/C14H10O3.C7H14NP/c15-14(16)13-9-5-1-3-7-11(9)17-12-8-4-2-6-10(12)13;1-2-5-6-3-8(9)4-7(5)6/h1-8,13H,(H,15,16);5-7H,2-4,9H2,1H3. The third kappa shape index (κ3) is 3.13. The van der Waals surface area contributed by atoms with Gasteiger partial charge < -0.3 is 9.84 Å². The van der Waals surface area contributed by atoms with Crippen molar-refractivity contribution in [3.05, 3.63) is 59.7 Å². The highest BCUT2D eigenvalue weighted by atomic mass is 31.0. The van der Waals surface area contributed by atoms with Crippen molar-refractivity contribution in [2.45, 2.75) is 19.3 Å². The number of aliphatic carboxylic acids is 1. The molecule has 2 aromatic rings. The summed E-state index contributed by atoms with van der Waals surface area (Å²) >= 11 is 0. The molecule has 3 unspecified atom stereocenters. The minimum absolute atomic E-state index is 0.624. The van der Waals surface area contributed by atoms with Crippen molar-refractivity contribution < 1.29 is 14.6 Å². The average molecular weight is 369 g/mol. The molecule has 1 saturated carbocycles. The van der Waals surface area contributed by atoms with Crippen LogP contribution in [0.15, 0.2) is 48.5 Å². The van der Waals surface area contributed by atoms with Crippen LogP contribution in [0.1, 0.15) is 30.4 Å². The smallest absolute Gasteiger partial charge is 0.315 e. The first-order valence-corrected chi connectivity index (χ1v) is 9.70. The van der Waals surface area contributed by atoms with Gasteiger partial charge in [-0.25, -0.2) is 0 Å². The Kier molecular flexibility index (Phi) is 4.73. The van der Waals surface area contributed by atoms with Crippen molar-refractivity contribution in [3.63, 3.8) is 0 Å². The first-order valence-electron chi connectivity index (χ1n) is 9.18. The third-order valence-electron chi connectivity index (χ3n) is 5.80. The molecule has 5 rings (SSSR count). The number of nitrogens with zero attached hydrogens (tertiary/aromatic N) is 1. The normalized spacial score (nSPS) is 25.8. The van der Waals surface area contributed by atoms with Gasteiger partial charge in [-0.05, 0) is 29.9 Å². The number of hydrogen-bond acceptors (Lipinski definition) is 3. The van der Waals surface area contributed by atoms with Gasteiger partial charge in [0.05, 0.1) is 0 Å². The topological polar surface area (TPSA) is 49.8 Å². The van der Waals surface area contributed by atoms with Gasteiger partial charge in [0, 0.05) is 24.2 Å². The Morgan fingerprint density at radius 3 is 2.04 bits per heavy atom. The molecule has 1 saturated heterocycles. The lowest BCUT2D eigenvalue weighted by Gasteiger charge is -2.25. The number of rotatable bonds is 2. The molecule has 0 amide bonds. The molecule has 2 fully saturated rings. The SMILES string of the molecule is CCC1C2CN(P)CC12.O=C(O)C1c2ccccc2Oc2ccccc21. The minimum Gasteiger partial charge on any atom is -0.481 e. The van der Waals surface area contributed by atoms with Crippen molar-refractivity contribution >= 4 is 15.4 Å². The number of hydrogen-bond donors (Lipinski definition) is 1. The Hall–Kier alpha value is -1.90. The van der Waals surface area contributed by atoms with Gasteiger partial charge in [0.1, 0.15) is 17.4 Å². The lowest BCUT2D eigenvalue weighted by Crippen LogP contribution is -2.18. The second-order valence-corrected chi connectivity index (χ2v) is 8.03. The molecule has 3 atom stereocenters. The van der Waals surface area contributed by atoms with Crippen LogP contribution in [0.25, 0.3) is 0 Å². The highest BCUT2D eigenvalue weighted by Crippen LogP contribution is 2.54. The summed E-state index contributed by atoms with van der Waals surface area (Å²) in [7, 11) is 2.80. The molecule has 3 aliphatic rings. The summed E-state index contributed by atoms with van der Waals surface area (Å²) in [6.45, 7) is 5.00. The zero-order valence-electron chi connectivity index (χ0n) is 14.8. The summed E-state index contributed by atoms with van der Waals surface area (Å²) in [6, 6.07) is 14.5. The van der Waals surface area contributed by atoms with Crippen molar-refractivity contribution in [2.24, 2.45) is 17.8 Å². The van der Waals surface area contributed by atoms with Crippen LogP contribution in [0.3, 0.4) is 0 Å². The second kappa shape index (κ2) is 7.02. The van der Waals surface area contributed by atoms with Gasteiger partial charge in [0.25, 0.3) is 0 Å². The van der Waals surface area contributed by atoms with Crippen LogP contribution in [0.5, 0.6) is 11.5 Å². The molecular weight excluding hydrogens is 345 g/mol. The molecule has 2 aliphatic heterocycles. The fourth-order valence-corrected chi connectivity index (χ4v) is 4.95. The Balaban J connectivity index is 0.000000157. The Bertz CT molecular complexity index is 767. The molecule has 0 radical (unpaired) electrons. The van der Waals surface area contributed by atoms with Crippen molar-refractivity contribution in [2.75, 3.05) is 13.1 Å². The predicted molar refractivity (Wildman–Crippen MR) is 104 cm³/mol. The number of ether oxygens (including phenoxy) is 1. The van der Waals surface area contributed by atoms with E-state index in [0.29, 0.717) is 22.6 Å². The molecule has 1 N–H and O–H groups in total. The Morgan fingerprint density at radius 1 is 1.08 bits per heavy atom. The van der Waals surface area contributed by atoms with Gasteiger partial charge in [-0.3, -0.25) is 9.46 Å². The fraction of sp³-hybridized carbons (Fsp3) is 0.381. The molecule has 0 aromatic heterocycles. The highest BCUT2D eigenvalue weighted by molar-refractivity contribution is 7.13. The summed E-state index contributed by atoms with van der Waals surface area (Å²) in [5, 5.41) is 9.38. The average Bonchev–Trinajstić information content (AvgIpc) is 3.14. The molecule has 1 aliphatic carbocycles. The zero-order valence-corrected chi connectivity index (χ0v) is 16.0. The molecule has 2 aromatic carbocycles. The molecular formula is C21H24NO3P. The molecule has 136 valence electrons. The second-order valence-electron chi connectivity index (χ2n) is 7.30. The van der Waals surface area contributed by atoms with E-state index in [2.05, 4.69) is 21.0 Å². The largest absolute Gasteiger partial charge is 0.481 e. The first-order chi connectivity index (χ1) is 12.6. The Labute approximate surface area is 156 Å². The fourth-order valence-electron chi connectivity index (χ4n) is 4.46. The molecule has 2 heterocycles. The van der Waals surface area contributed by atoms with Crippen LogP contribution in [0.4, 0.5) is 0 Å². The number of carboxylic acids is 1. The lowest BCUT2D eigenvalue weighted by atomic mass is 9.88. The maximum Gasteiger partial charge on any atom is 0.315 e. The van der Waals surface area contributed by atoms with E-state index in [-0.39, 0.29) is 0 Å². The van der Waals surface area contributed by atoms with E-state index < -0.39 is 11.9 Å². The van der Waals surface area contributed by atoms with Crippen LogP contribution < -0.4 is 4.74 Å². The molecule has 0 bridgehead atoms. The van der Waals surface area contributed by atoms with Gasteiger partial charge in [-0.15, -0.1) is 0 Å². The summed E-state index contributed by atoms with van der Waals surface area (Å²) in [6.07, 6.45) is 1.41. The van der Waals surface area contributed by atoms with E-state index in [4.69, 9.17) is 4.74 Å². The number of para-hydroxylation sites is 2. The summed E-state index contributed by atoms with van der Waals surface area (Å²) in [5.41, 5.74) is 1.41. The van der Waals surface area contributed by atoms with Crippen molar-refractivity contribution in [1.82, 2.24) is 4.67 Å². The minimum atomic E-state index is -0.854. The van der Waals surface area contributed by atoms with Gasteiger partial charge in [0.15, 0.2) is 0 Å². The zero-order chi connectivity index (χ0) is 18.3. The summed E-state index contributed by atoms with van der Waals surface area (Å²) in [4.78, 5) is 11.4. The Morgan fingerprint density at radius 2 is 1.58 bits per heavy atom. The monoisotopic (exact) mass is 369 g/mol. The maximum atomic E-state index is 11.4. The predicted octanol–water partition coefficient (Wildman–Crippen LogP) is 4.37. The number of piperidine rings is 1. The number of benzene rings is 2. The van der Waals surface area contributed by atoms with E-state index in [1.165, 1.54) is 19.5 Å². The summed E-state index contributed by atoms with van der Waals surface area (Å²) in [5.74, 6) is 3.00. The highest BCUT2D eigenvalue weighted by Gasteiger charge is 2.53. The van der Waals surface area contributed by atoms with Gasteiger partial charge >= 0.3 is 5.97 Å². The van der Waals surface area contributed by atoms with E-state index in [1.807, 2.05) is 24.3 Å². The van der Waals surface area contributed by atoms with Gasteiger partial charge in [-0.2, -0.15) is 0 Å². The van der Waals surface area contributed by atoms with Crippen LogP contribution in [-0.4, -0.2) is 28.8 Å². The van der Waals surface area contributed by atoms with Gasteiger partial charge in [-0.1, -0.05) is 59.1 Å². The van der Waals surface area contributed by atoms with E-state index in [1.54, 1.807) is 24.3 Å². The van der Waals surface area contributed by atoms with E-state index in [0.717, 1.165) is 17.8 Å². The molecule has 0 spiro atoms. The van der Waals surface area contributed by atoms with Crippen LogP contribution in [0.2, 0.25) is 0 Å². The number of carboxylic acid groups (broad SMARTS) is 1. The number of fused-ring (bicyclic) bond motifs is 3.